The van der Waals surface area contributed by atoms with Gasteiger partial charge in [0, 0.05) is 5.54 Å². The first-order valence-corrected chi connectivity index (χ1v) is 9.27. The van der Waals surface area contributed by atoms with Gasteiger partial charge in [0.05, 0.1) is 11.8 Å². The predicted octanol–water partition coefficient (Wildman–Crippen LogP) is 2.74. The molecule has 2 N–H and O–H groups in total. The molecule has 0 fully saturated rings. The molecule has 0 saturated carbocycles. The molecule has 0 aliphatic rings. The molecule has 3 amide bonds. The van der Waals surface area contributed by atoms with Crippen molar-refractivity contribution in [3.05, 3.63) is 41.7 Å². The van der Waals surface area contributed by atoms with E-state index in [4.69, 9.17) is 0 Å². The first kappa shape index (κ1) is 20.0. The van der Waals surface area contributed by atoms with Gasteiger partial charge in [0.1, 0.15) is 5.82 Å². The van der Waals surface area contributed by atoms with Crippen LogP contribution in [0.1, 0.15) is 39.1 Å². The zero-order chi connectivity index (χ0) is 19.3. The van der Waals surface area contributed by atoms with E-state index in [1.54, 1.807) is 6.92 Å². The van der Waals surface area contributed by atoms with Crippen molar-refractivity contribution in [3.8, 4) is 0 Å². The number of thioether (sulfide) groups is 1. The summed E-state index contributed by atoms with van der Waals surface area (Å²) in [5.41, 5.74) is 0.715. The van der Waals surface area contributed by atoms with Gasteiger partial charge in [0.15, 0.2) is 5.16 Å². The molecule has 26 heavy (non-hydrogen) atoms. The summed E-state index contributed by atoms with van der Waals surface area (Å²) in [4.78, 5) is 24.1. The minimum atomic E-state index is -0.503. The van der Waals surface area contributed by atoms with E-state index in [-0.39, 0.29) is 5.91 Å². The standard InChI is InChI=1S/C18H25N5O2S/c1-12(15(24)19-16(25)20-18(3,4)5)26-17-22-21-13(2)23(17)11-14-9-7-6-8-10-14/h6-10,12H,11H2,1-5H3,(H2,19,20,24,25)/t12-/m0/s1. The van der Waals surface area contributed by atoms with Crippen LogP contribution < -0.4 is 10.6 Å². The van der Waals surface area contributed by atoms with Gasteiger partial charge in [-0.3, -0.25) is 10.1 Å². The monoisotopic (exact) mass is 375 g/mol. The van der Waals surface area contributed by atoms with E-state index in [9.17, 15) is 9.59 Å². The van der Waals surface area contributed by atoms with Crippen LogP contribution in [0.4, 0.5) is 4.79 Å². The maximum Gasteiger partial charge on any atom is 0.321 e. The van der Waals surface area contributed by atoms with Crippen LogP contribution in [0.3, 0.4) is 0 Å². The third-order valence-corrected chi connectivity index (χ3v) is 4.54. The number of carbonyl (C=O) groups is 2. The second kappa shape index (κ2) is 8.35. The molecule has 7 nitrogen and oxygen atoms in total. The molecule has 0 aliphatic heterocycles. The molecule has 0 bridgehead atoms. The highest BCUT2D eigenvalue weighted by Gasteiger charge is 2.22. The Morgan fingerprint density at radius 1 is 1.19 bits per heavy atom. The number of nitrogens with one attached hydrogen (secondary N) is 2. The van der Waals surface area contributed by atoms with Crippen molar-refractivity contribution < 1.29 is 9.59 Å². The lowest BCUT2D eigenvalue weighted by Crippen LogP contribution is -2.49. The first-order chi connectivity index (χ1) is 12.2. The van der Waals surface area contributed by atoms with Crippen LogP contribution in [0.2, 0.25) is 0 Å². The number of aromatic nitrogens is 3. The van der Waals surface area contributed by atoms with E-state index in [2.05, 4.69) is 20.8 Å². The number of urea groups is 1. The molecule has 0 radical (unpaired) electrons. The number of benzene rings is 1. The molecule has 0 spiro atoms. The van der Waals surface area contributed by atoms with Gasteiger partial charge in [-0.15, -0.1) is 10.2 Å². The summed E-state index contributed by atoms with van der Waals surface area (Å²) in [5.74, 6) is 0.401. The quantitative estimate of drug-likeness (QED) is 0.785. The molecule has 2 rings (SSSR count). The van der Waals surface area contributed by atoms with Gasteiger partial charge < -0.3 is 9.88 Å². The van der Waals surface area contributed by atoms with Crippen molar-refractivity contribution in [2.45, 2.75) is 57.1 Å². The van der Waals surface area contributed by atoms with Crippen molar-refractivity contribution in [2.75, 3.05) is 0 Å². The fraction of sp³-hybridized carbons (Fsp3) is 0.444. The summed E-state index contributed by atoms with van der Waals surface area (Å²) in [6.45, 7) is 9.79. The van der Waals surface area contributed by atoms with Crippen LogP contribution in [0.5, 0.6) is 0 Å². The molecule has 2 aromatic rings. The zero-order valence-electron chi connectivity index (χ0n) is 15.7. The van der Waals surface area contributed by atoms with Crippen LogP contribution >= 0.6 is 11.8 Å². The Hall–Kier alpha value is -2.35. The number of rotatable bonds is 5. The third kappa shape index (κ3) is 5.87. The van der Waals surface area contributed by atoms with E-state index >= 15 is 0 Å². The highest BCUT2D eigenvalue weighted by atomic mass is 32.2. The lowest BCUT2D eigenvalue weighted by Gasteiger charge is -2.21. The summed E-state index contributed by atoms with van der Waals surface area (Å²) < 4.78 is 1.96. The van der Waals surface area contributed by atoms with Crippen molar-refractivity contribution in [3.63, 3.8) is 0 Å². The van der Waals surface area contributed by atoms with Gasteiger partial charge >= 0.3 is 6.03 Å². The fourth-order valence-corrected chi connectivity index (χ4v) is 3.09. The zero-order valence-corrected chi connectivity index (χ0v) is 16.6. The van der Waals surface area contributed by atoms with Gasteiger partial charge in [0.2, 0.25) is 5.91 Å². The second-order valence-electron chi connectivity index (χ2n) is 7.05. The van der Waals surface area contributed by atoms with Crippen molar-refractivity contribution in [2.24, 2.45) is 0 Å². The normalized spacial score (nSPS) is 12.5. The average Bonchev–Trinajstić information content (AvgIpc) is 2.87. The Morgan fingerprint density at radius 2 is 1.85 bits per heavy atom. The van der Waals surface area contributed by atoms with Crippen LogP contribution in [-0.4, -0.2) is 37.5 Å². The summed E-state index contributed by atoms with van der Waals surface area (Å²) >= 11 is 1.28. The molecule has 8 heteroatoms. The van der Waals surface area contributed by atoms with Crippen LogP contribution in [0, 0.1) is 6.92 Å². The topological polar surface area (TPSA) is 88.9 Å². The first-order valence-electron chi connectivity index (χ1n) is 8.39. The maximum atomic E-state index is 12.3. The largest absolute Gasteiger partial charge is 0.333 e. The molecule has 1 heterocycles. The number of amides is 3. The summed E-state index contributed by atoms with van der Waals surface area (Å²) in [6, 6.07) is 9.48. The van der Waals surface area contributed by atoms with E-state index in [0.717, 1.165) is 11.4 Å². The van der Waals surface area contributed by atoms with E-state index in [1.807, 2.05) is 62.6 Å². The molecule has 1 atom stereocenters. The van der Waals surface area contributed by atoms with Gasteiger partial charge in [-0.2, -0.15) is 0 Å². The van der Waals surface area contributed by atoms with E-state index in [1.165, 1.54) is 11.8 Å². The molecular formula is C18H25N5O2S. The highest BCUT2D eigenvalue weighted by Crippen LogP contribution is 2.23. The lowest BCUT2D eigenvalue weighted by molar-refractivity contribution is -0.119. The molecular weight excluding hydrogens is 350 g/mol. The Balaban J connectivity index is 2.02. The minimum Gasteiger partial charge on any atom is -0.333 e. The fourth-order valence-electron chi connectivity index (χ4n) is 2.19. The van der Waals surface area contributed by atoms with Crippen molar-refractivity contribution >= 4 is 23.7 Å². The van der Waals surface area contributed by atoms with Gasteiger partial charge in [-0.25, -0.2) is 4.79 Å². The number of carbonyl (C=O) groups excluding carboxylic acids is 2. The number of imide groups is 1. The Kier molecular flexibility index (Phi) is 6.42. The molecule has 1 aromatic heterocycles. The molecule has 0 unspecified atom stereocenters. The van der Waals surface area contributed by atoms with Crippen LogP contribution in [0.25, 0.3) is 0 Å². The minimum absolute atomic E-state index is 0.372. The molecule has 1 aromatic carbocycles. The Bertz CT molecular complexity index is 768. The number of nitrogens with zero attached hydrogens (tertiary/aromatic N) is 3. The summed E-state index contributed by atoms with van der Waals surface area (Å²) in [5, 5.41) is 13.5. The van der Waals surface area contributed by atoms with Gasteiger partial charge in [-0.1, -0.05) is 42.1 Å². The molecule has 140 valence electrons. The highest BCUT2D eigenvalue weighted by molar-refractivity contribution is 8.00. The van der Waals surface area contributed by atoms with Crippen LogP contribution in [-0.2, 0) is 11.3 Å². The Morgan fingerprint density at radius 3 is 2.46 bits per heavy atom. The molecule has 0 saturated heterocycles. The smallest absolute Gasteiger partial charge is 0.321 e. The van der Waals surface area contributed by atoms with Crippen molar-refractivity contribution in [1.82, 2.24) is 25.4 Å². The number of hydrogen-bond donors (Lipinski definition) is 2. The number of hydrogen-bond acceptors (Lipinski definition) is 5. The maximum absolute atomic E-state index is 12.3. The number of aryl methyl sites for hydroxylation is 1. The average molecular weight is 375 g/mol. The summed E-state index contributed by atoms with van der Waals surface area (Å²) in [6.07, 6.45) is 0. The second-order valence-corrected chi connectivity index (χ2v) is 8.36. The SMILES string of the molecule is Cc1nnc(S[C@@H](C)C(=O)NC(=O)NC(C)(C)C)n1Cc1ccccc1. The third-order valence-electron chi connectivity index (χ3n) is 3.46. The van der Waals surface area contributed by atoms with Gasteiger partial charge in [-0.05, 0) is 40.2 Å². The van der Waals surface area contributed by atoms with Crippen LogP contribution in [0.15, 0.2) is 35.5 Å². The van der Waals surface area contributed by atoms with Gasteiger partial charge in [0.25, 0.3) is 0 Å². The van der Waals surface area contributed by atoms with E-state index < -0.39 is 16.8 Å². The molecule has 0 aliphatic carbocycles. The summed E-state index contributed by atoms with van der Waals surface area (Å²) in [7, 11) is 0. The van der Waals surface area contributed by atoms with E-state index in [0.29, 0.717) is 11.7 Å². The lowest BCUT2D eigenvalue weighted by atomic mass is 10.1. The van der Waals surface area contributed by atoms with Crippen molar-refractivity contribution in [1.29, 1.82) is 0 Å². The Labute approximate surface area is 158 Å². The predicted molar refractivity (Wildman–Crippen MR) is 102 cm³/mol.